The van der Waals surface area contributed by atoms with Crippen LogP contribution in [0, 0.1) is 0 Å². The highest BCUT2D eigenvalue weighted by Crippen LogP contribution is 2.24. The van der Waals surface area contributed by atoms with E-state index in [1.54, 1.807) is 12.1 Å². The summed E-state index contributed by atoms with van der Waals surface area (Å²) < 4.78 is 0. The highest BCUT2D eigenvalue weighted by molar-refractivity contribution is 6.30. The Labute approximate surface area is 126 Å². The number of aromatic hydroxyl groups is 1. The van der Waals surface area contributed by atoms with Crippen molar-refractivity contribution in [3.05, 3.63) is 28.8 Å². The van der Waals surface area contributed by atoms with E-state index < -0.39 is 0 Å². The highest BCUT2D eigenvalue weighted by atomic mass is 35.5. The second-order valence-corrected chi connectivity index (χ2v) is 6.38. The van der Waals surface area contributed by atoms with Crippen molar-refractivity contribution in [1.29, 1.82) is 0 Å². The van der Waals surface area contributed by atoms with E-state index in [0.29, 0.717) is 22.9 Å². The van der Waals surface area contributed by atoms with Gasteiger partial charge in [0.25, 0.3) is 0 Å². The van der Waals surface area contributed by atoms with E-state index in [2.05, 4.69) is 24.1 Å². The average molecular weight is 297 g/mol. The van der Waals surface area contributed by atoms with Gasteiger partial charge in [0, 0.05) is 35.8 Å². The van der Waals surface area contributed by atoms with Crippen LogP contribution in [-0.2, 0) is 6.54 Å². The topological polar surface area (TPSA) is 35.5 Å². The van der Waals surface area contributed by atoms with Gasteiger partial charge in [0.1, 0.15) is 5.75 Å². The molecule has 1 aromatic rings. The first-order valence-electron chi connectivity index (χ1n) is 7.51. The van der Waals surface area contributed by atoms with Gasteiger partial charge >= 0.3 is 0 Å². The Kier molecular flexibility index (Phi) is 5.70. The number of nitrogens with one attached hydrogen (secondary N) is 1. The first-order valence-corrected chi connectivity index (χ1v) is 7.89. The summed E-state index contributed by atoms with van der Waals surface area (Å²) in [6.45, 7) is 7.28. The van der Waals surface area contributed by atoms with Crippen molar-refractivity contribution in [2.75, 3.05) is 13.1 Å². The molecule has 0 radical (unpaired) electrons. The van der Waals surface area contributed by atoms with Crippen molar-refractivity contribution >= 4 is 11.6 Å². The van der Waals surface area contributed by atoms with Crippen molar-refractivity contribution in [3.8, 4) is 5.75 Å². The number of piperidine rings is 1. The van der Waals surface area contributed by atoms with Gasteiger partial charge in [-0.2, -0.15) is 0 Å². The van der Waals surface area contributed by atoms with Gasteiger partial charge in [0.15, 0.2) is 0 Å². The Morgan fingerprint density at radius 1 is 1.40 bits per heavy atom. The third kappa shape index (κ3) is 4.37. The van der Waals surface area contributed by atoms with Gasteiger partial charge in [-0.1, -0.05) is 18.0 Å². The molecule has 2 N–H and O–H groups in total. The van der Waals surface area contributed by atoms with Crippen LogP contribution in [0.3, 0.4) is 0 Å². The summed E-state index contributed by atoms with van der Waals surface area (Å²) in [6.07, 6.45) is 3.84. The van der Waals surface area contributed by atoms with Gasteiger partial charge in [-0.05, 0) is 51.4 Å². The molecular formula is C16H25ClN2O. The van der Waals surface area contributed by atoms with Gasteiger partial charge < -0.3 is 10.4 Å². The van der Waals surface area contributed by atoms with Crippen molar-refractivity contribution in [2.24, 2.45) is 0 Å². The number of phenols is 1. The van der Waals surface area contributed by atoms with Crippen LogP contribution < -0.4 is 5.32 Å². The molecule has 0 saturated carbocycles. The lowest BCUT2D eigenvalue weighted by molar-refractivity contribution is 0.175. The van der Waals surface area contributed by atoms with Crippen molar-refractivity contribution < 1.29 is 5.11 Å². The standard InChI is InChI=1S/C16H25ClN2O/c1-12(2)19(11-15-5-3-4-8-18-15)10-13-9-14(17)6-7-16(13)20/h6-7,9,12,15,18,20H,3-5,8,10-11H2,1-2H3. The molecule has 0 bridgehead atoms. The lowest BCUT2D eigenvalue weighted by atomic mass is 10.0. The molecule has 0 aliphatic carbocycles. The fourth-order valence-corrected chi connectivity index (χ4v) is 2.92. The number of nitrogens with zero attached hydrogens (tertiary/aromatic N) is 1. The Morgan fingerprint density at radius 2 is 2.20 bits per heavy atom. The summed E-state index contributed by atoms with van der Waals surface area (Å²) in [6, 6.07) is 6.27. The molecule has 1 aromatic carbocycles. The molecular weight excluding hydrogens is 272 g/mol. The summed E-state index contributed by atoms with van der Waals surface area (Å²) in [5.41, 5.74) is 0.905. The fourth-order valence-electron chi connectivity index (χ4n) is 2.72. The molecule has 112 valence electrons. The first-order chi connectivity index (χ1) is 9.56. The molecule has 1 unspecified atom stereocenters. The summed E-state index contributed by atoms with van der Waals surface area (Å²) in [5.74, 6) is 0.330. The lowest BCUT2D eigenvalue weighted by Crippen LogP contribution is -2.45. The minimum Gasteiger partial charge on any atom is -0.508 e. The number of hydrogen-bond donors (Lipinski definition) is 2. The van der Waals surface area contributed by atoms with Gasteiger partial charge in [-0.3, -0.25) is 4.90 Å². The van der Waals surface area contributed by atoms with E-state index in [9.17, 15) is 5.11 Å². The van der Waals surface area contributed by atoms with Gasteiger partial charge in [0.2, 0.25) is 0 Å². The van der Waals surface area contributed by atoms with Gasteiger partial charge in [-0.15, -0.1) is 0 Å². The second-order valence-electron chi connectivity index (χ2n) is 5.94. The molecule has 3 nitrogen and oxygen atoms in total. The van der Waals surface area contributed by atoms with Crippen LogP contribution in [0.1, 0.15) is 38.7 Å². The van der Waals surface area contributed by atoms with E-state index in [1.165, 1.54) is 19.3 Å². The number of halogens is 1. The van der Waals surface area contributed by atoms with Gasteiger partial charge in [0.05, 0.1) is 0 Å². The van der Waals surface area contributed by atoms with Crippen LogP contribution in [0.2, 0.25) is 5.02 Å². The largest absolute Gasteiger partial charge is 0.508 e. The summed E-state index contributed by atoms with van der Waals surface area (Å²) in [5, 5.41) is 14.2. The first kappa shape index (κ1) is 15.6. The molecule has 1 heterocycles. The second kappa shape index (κ2) is 7.30. The van der Waals surface area contributed by atoms with E-state index in [4.69, 9.17) is 11.6 Å². The Balaban J connectivity index is 2.02. The maximum absolute atomic E-state index is 9.97. The lowest BCUT2D eigenvalue weighted by Gasteiger charge is -2.33. The zero-order chi connectivity index (χ0) is 14.5. The Bertz CT molecular complexity index is 430. The van der Waals surface area contributed by atoms with Crippen LogP contribution in [0.4, 0.5) is 0 Å². The van der Waals surface area contributed by atoms with Crippen LogP contribution >= 0.6 is 11.6 Å². The summed E-state index contributed by atoms with van der Waals surface area (Å²) in [7, 11) is 0. The molecule has 1 aliphatic heterocycles. The van der Waals surface area contributed by atoms with E-state index in [0.717, 1.165) is 25.2 Å². The highest BCUT2D eigenvalue weighted by Gasteiger charge is 2.19. The predicted octanol–water partition coefficient (Wildman–Crippen LogP) is 3.40. The smallest absolute Gasteiger partial charge is 0.120 e. The monoisotopic (exact) mass is 296 g/mol. The van der Waals surface area contributed by atoms with Crippen LogP contribution in [0.15, 0.2) is 18.2 Å². The van der Waals surface area contributed by atoms with E-state index in [-0.39, 0.29) is 0 Å². The molecule has 1 aliphatic rings. The number of rotatable bonds is 5. The average Bonchev–Trinajstić information content (AvgIpc) is 2.43. The zero-order valence-corrected chi connectivity index (χ0v) is 13.2. The normalized spacial score (nSPS) is 19.8. The summed E-state index contributed by atoms with van der Waals surface area (Å²) in [4.78, 5) is 2.40. The third-order valence-corrected chi connectivity index (χ3v) is 4.25. The minimum atomic E-state index is 0.330. The molecule has 20 heavy (non-hydrogen) atoms. The van der Waals surface area contributed by atoms with Crippen LogP contribution in [0.25, 0.3) is 0 Å². The third-order valence-electron chi connectivity index (χ3n) is 4.01. The molecule has 4 heteroatoms. The molecule has 1 saturated heterocycles. The molecule has 0 spiro atoms. The molecule has 0 aromatic heterocycles. The van der Waals surface area contributed by atoms with Gasteiger partial charge in [-0.25, -0.2) is 0 Å². The fraction of sp³-hybridized carbons (Fsp3) is 0.625. The van der Waals surface area contributed by atoms with Crippen molar-refractivity contribution in [3.63, 3.8) is 0 Å². The Hall–Kier alpha value is -0.770. The molecule has 0 amide bonds. The SMILES string of the molecule is CC(C)N(Cc1cc(Cl)ccc1O)CC1CCCCN1. The maximum atomic E-state index is 9.97. The number of benzene rings is 1. The zero-order valence-electron chi connectivity index (χ0n) is 12.4. The molecule has 1 atom stereocenters. The van der Waals surface area contributed by atoms with Crippen LogP contribution in [-0.4, -0.2) is 35.2 Å². The minimum absolute atomic E-state index is 0.330. The van der Waals surface area contributed by atoms with E-state index >= 15 is 0 Å². The van der Waals surface area contributed by atoms with E-state index in [1.807, 2.05) is 6.07 Å². The Morgan fingerprint density at radius 3 is 2.85 bits per heavy atom. The number of hydrogen-bond acceptors (Lipinski definition) is 3. The quantitative estimate of drug-likeness (QED) is 0.874. The maximum Gasteiger partial charge on any atom is 0.120 e. The van der Waals surface area contributed by atoms with Crippen LogP contribution in [0.5, 0.6) is 5.75 Å². The van der Waals surface area contributed by atoms with Crippen molar-refractivity contribution in [2.45, 2.75) is 51.7 Å². The summed E-state index contributed by atoms with van der Waals surface area (Å²) >= 11 is 6.03. The molecule has 1 fully saturated rings. The predicted molar refractivity (Wildman–Crippen MR) is 84.3 cm³/mol. The number of phenolic OH excluding ortho intramolecular Hbond substituents is 1. The van der Waals surface area contributed by atoms with Crippen molar-refractivity contribution in [1.82, 2.24) is 10.2 Å². The molecule has 2 rings (SSSR count).